The van der Waals surface area contributed by atoms with E-state index in [9.17, 15) is 4.79 Å². The van der Waals surface area contributed by atoms with Gasteiger partial charge in [0.1, 0.15) is 10.6 Å². The fourth-order valence-electron chi connectivity index (χ4n) is 1.60. The molecule has 0 saturated carbocycles. The number of aliphatic hydroxyl groups excluding tert-OH is 1. The van der Waals surface area contributed by atoms with Gasteiger partial charge in [-0.05, 0) is 32.9 Å². The number of thiazole rings is 1. The highest BCUT2D eigenvalue weighted by molar-refractivity contribution is 7.17. The number of nitrogens with one attached hydrogen (secondary N) is 1. The summed E-state index contributed by atoms with van der Waals surface area (Å²) >= 11 is 1.29. The highest BCUT2D eigenvalue weighted by Crippen LogP contribution is 2.29. The Hall–Kier alpha value is -1.66. The lowest BCUT2D eigenvalue weighted by molar-refractivity contribution is 0.0925. The highest BCUT2D eigenvalue weighted by atomic mass is 32.1. The molecule has 2 aromatic rings. The normalized spacial score (nSPS) is 12.4. The molecule has 0 radical (unpaired) electrons. The monoisotopic (exact) mass is 280 g/mol. The zero-order valence-corrected chi connectivity index (χ0v) is 11.9. The van der Waals surface area contributed by atoms with Gasteiger partial charge in [-0.25, -0.2) is 4.98 Å². The first-order valence-electron chi connectivity index (χ1n) is 5.97. The molecule has 2 rings (SSSR count). The number of rotatable bonds is 4. The summed E-state index contributed by atoms with van der Waals surface area (Å²) in [5, 5.41) is 12.3. The third-order valence-corrected chi connectivity index (χ3v) is 3.78. The van der Waals surface area contributed by atoms with Gasteiger partial charge in [-0.3, -0.25) is 4.79 Å². The second kappa shape index (κ2) is 5.54. The summed E-state index contributed by atoms with van der Waals surface area (Å²) in [7, 11) is 0. The quantitative estimate of drug-likeness (QED) is 0.899. The van der Waals surface area contributed by atoms with E-state index in [4.69, 9.17) is 9.52 Å². The minimum absolute atomic E-state index is 0.0895. The number of nitrogens with zero attached hydrogens (tertiary/aromatic N) is 1. The van der Waals surface area contributed by atoms with Crippen LogP contribution in [0, 0.1) is 13.8 Å². The number of carbonyl (C=O) groups is 1. The lowest BCUT2D eigenvalue weighted by Crippen LogP contribution is -2.34. The van der Waals surface area contributed by atoms with E-state index in [1.54, 1.807) is 13.8 Å². The maximum absolute atomic E-state index is 12.0. The van der Waals surface area contributed by atoms with Crippen LogP contribution in [0.1, 0.15) is 28.0 Å². The molecule has 102 valence electrons. The maximum Gasteiger partial charge on any atom is 0.263 e. The SMILES string of the molecule is Cc1ccc(-c2nc(C)c(C(=O)NC(C)CO)s2)o1. The average Bonchev–Trinajstić information content (AvgIpc) is 2.95. The van der Waals surface area contributed by atoms with Crippen LogP contribution in [0.25, 0.3) is 10.8 Å². The van der Waals surface area contributed by atoms with Gasteiger partial charge in [0.2, 0.25) is 0 Å². The Morgan fingerprint density at radius 1 is 1.53 bits per heavy atom. The first kappa shape index (κ1) is 13.8. The van der Waals surface area contributed by atoms with Crippen LogP contribution in [0.5, 0.6) is 0 Å². The molecule has 0 aliphatic rings. The van der Waals surface area contributed by atoms with Crippen molar-refractivity contribution < 1.29 is 14.3 Å². The van der Waals surface area contributed by atoms with Crippen LogP contribution in [0.4, 0.5) is 0 Å². The summed E-state index contributed by atoms with van der Waals surface area (Å²) in [6, 6.07) is 3.42. The summed E-state index contributed by atoms with van der Waals surface area (Å²) in [5.74, 6) is 1.26. The smallest absolute Gasteiger partial charge is 0.263 e. The zero-order chi connectivity index (χ0) is 14.0. The van der Waals surface area contributed by atoms with Crippen LogP contribution in [0.2, 0.25) is 0 Å². The summed E-state index contributed by atoms with van der Waals surface area (Å²) < 4.78 is 5.50. The van der Waals surface area contributed by atoms with E-state index in [1.165, 1.54) is 11.3 Å². The standard InChI is InChI=1S/C13H16N2O3S/c1-7(6-16)14-12(17)11-9(3)15-13(19-11)10-5-4-8(2)18-10/h4-5,7,16H,6H2,1-3H3,(H,14,17). The molecule has 1 atom stereocenters. The van der Waals surface area contributed by atoms with Crippen LogP contribution in [0.15, 0.2) is 16.5 Å². The fourth-order valence-corrected chi connectivity index (χ4v) is 2.53. The van der Waals surface area contributed by atoms with Gasteiger partial charge in [-0.2, -0.15) is 0 Å². The summed E-state index contributed by atoms with van der Waals surface area (Å²) in [4.78, 5) is 16.9. The number of carbonyl (C=O) groups excluding carboxylic acids is 1. The number of hydrogen-bond acceptors (Lipinski definition) is 5. The molecule has 1 unspecified atom stereocenters. The Morgan fingerprint density at radius 3 is 2.84 bits per heavy atom. The number of aryl methyl sites for hydroxylation is 2. The molecule has 0 spiro atoms. The van der Waals surface area contributed by atoms with Crippen molar-refractivity contribution in [1.29, 1.82) is 0 Å². The zero-order valence-electron chi connectivity index (χ0n) is 11.1. The summed E-state index contributed by atoms with van der Waals surface area (Å²) in [6.45, 7) is 5.30. The molecule has 2 heterocycles. The van der Waals surface area contributed by atoms with E-state index in [0.717, 1.165) is 5.76 Å². The molecule has 2 aromatic heterocycles. The van der Waals surface area contributed by atoms with E-state index < -0.39 is 0 Å². The molecular weight excluding hydrogens is 264 g/mol. The average molecular weight is 280 g/mol. The predicted molar refractivity (Wildman–Crippen MR) is 73.3 cm³/mol. The fraction of sp³-hybridized carbons (Fsp3) is 0.385. The Kier molecular flexibility index (Phi) is 4.01. The first-order valence-corrected chi connectivity index (χ1v) is 6.79. The Bertz CT molecular complexity index is 588. The van der Waals surface area contributed by atoms with Crippen molar-refractivity contribution in [2.45, 2.75) is 26.8 Å². The molecule has 0 bridgehead atoms. The first-order chi connectivity index (χ1) is 9.01. The van der Waals surface area contributed by atoms with Crippen molar-refractivity contribution in [3.8, 4) is 10.8 Å². The molecule has 6 heteroatoms. The van der Waals surface area contributed by atoms with E-state index in [-0.39, 0.29) is 18.6 Å². The van der Waals surface area contributed by atoms with Gasteiger partial charge in [0.15, 0.2) is 10.8 Å². The number of amides is 1. The van der Waals surface area contributed by atoms with Crippen molar-refractivity contribution in [2.24, 2.45) is 0 Å². The second-order valence-electron chi connectivity index (χ2n) is 4.40. The molecular formula is C13H16N2O3S. The van der Waals surface area contributed by atoms with Crippen LogP contribution in [-0.2, 0) is 0 Å². The van der Waals surface area contributed by atoms with Crippen molar-refractivity contribution in [3.05, 3.63) is 28.5 Å². The molecule has 0 aliphatic heterocycles. The van der Waals surface area contributed by atoms with Gasteiger partial charge >= 0.3 is 0 Å². The van der Waals surface area contributed by atoms with Crippen LogP contribution >= 0.6 is 11.3 Å². The number of aromatic nitrogens is 1. The maximum atomic E-state index is 12.0. The van der Waals surface area contributed by atoms with Crippen molar-refractivity contribution in [3.63, 3.8) is 0 Å². The third kappa shape index (κ3) is 3.02. The summed E-state index contributed by atoms with van der Waals surface area (Å²) in [5.41, 5.74) is 0.664. The molecule has 1 amide bonds. The van der Waals surface area contributed by atoms with Gasteiger partial charge in [0, 0.05) is 6.04 Å². The van der Waals surface area contributed by atoms with E-state index in [0.29, 0.717) is 21.3 Å². The van der Waals surface area contributed by atoms with E-state index in [1.807, 2.05) is 19.1 Å². The molecule has 0 fully saturated rings. The Labute approximate surface area is 115 Å². The summed E-state index contributed by atoms with van der Waals surface area (Å²) in [6.07, 6.45) is 0. The lowest BCUT2D eigenvalue weighted by atomic mass is 10.3. The van der Waals surface area contributed by atoms with Crippen molar-refractivity contribution >= 4 is 17.2 Å². The van der Waals surface area contributed by atoms with Crippen LogP contribution in [0.3, 0.4) is 0 Å². The van der Waals surface area contributed by atoms with Crippen LogP contribution in [-0.4, -0.2) is 28.6 Å². The number of furan rings is 1. The van der Waals surface area contributed by atoms with Gasteiger partial charge in [-0.1, -0.05) is 0 Å². The van der Waals surface area contributed by atoms with Gasteiger partial charge in [0.25, 0.3) is 5.91 Å². The van der Waals surface area contributed by atoms with Crippen LogP contribution < -0.4 is 5.32 Å². The minimum Gasteiger partial charge on any atom is -0.459 e. The predicted octanol–water partition coefficient (Wildman–Crippen LogP) is 2.13. The van der Waals surface area contributed by atoms with Crippen molar-refractivity contribution in [2.75, 3.05) is 6.61 Å². The van der Waals surface area contributed by atoms with Crippen molar-refractivity contribution in [1.82, 2.24) is 10.3 Å². The molecule has 19 heavy (non-hydrogen) atoms. The molecule has 0 saturated heterocycles. The Balaban J connectivity index is 2.24. The topological polar surface area (TPSA) is 75.4 Å². The Morgan fingerprint density at radius 2 is 2.26 bits per heavy atom. The van der Waals surface area contributed by atoms with E-state index >= 15 is 0 Å². The largest absolute Gasteiger partial charge is 0.459 e. The highest BCUT2D eigenvalue weighted by Gasteiger charge is 2.18. The van der Waals surface area contributed by atoms with E-state index in [2.05, 4.69) is 10.3 Å². The molecule has 5 nitrogen and oxygen atoms in total. The molecule has 2 N–H and O–H groups in total. The number of aliphatic hydroxyl groups is 1. The lowest BCUT2D eigenvalue weighted by Gasteiger charge is -2.09. The third-order valence-electron chi connectivity index (χ3n) is 2.61. The van der Waals surface area contributed by atoms with Gasteiger partial charge < -0.3 is 14.8 Å². The van der Waals surface area contributed by atoms with Gasteiger partial charge in [-0.15, -0.1) is 11.3 Å². The second-order valence-corrected chi connectivity index (χ2v) is 5.40. The molecule has 0 aromatic carbocycles. The number of hydrogen-bond donors (Lipinski definition) is 2. The van der Waals surface area contributed by atoms with Gasteiger partial charge in [0.05, 0.1) is 12.3 Å². The molecule has 0 aliphatic carbocycles. The minimum atomic E-state index is -0.275.